The molecule has 0 fully saturated rings. The van der Waals surface area contributed by atoms with Gasteiger partial charge < -0.3 is 15.2 Å². The van der Waals surface area contributed by atoms with Gasteiger partial charge >= 0.3 is 5.97 Å². The summed E-state index contributed by atoms with van der Waals surface area (Å²) in [6.45, 7) is 0. The van der Waals surface area contributed by atoms with Crippen molar-refractivity contribution in [2.24, 2.45) is 0 Å². The largest absolute Gasteiger partial charge is 0.496 e. The van der Waals surface area contributed by atoms with E-state index in [1.165, 1.54) is 19.2 Å². The molecule has 3 N–H and O–H groups in total. The van der Waals surface area contributed by atoms with Gasteiger partial charge in [0, 0.05) is 9.50 Å². The third kappa shape index (κ3) is 4.85. The first-order valence-electron chi connectivity index (χ1n) is 6.91. The molecule has 6 nitrogen and oxygen atoms in total. The summed E-state index contributed by atoms with van der Waals surface area (Å²) >= 11 is 20.2. The van der Waals surface area contributed by atoms with Crippen LogP contribution in [0.15, 0.2) is 34.8 Å². The number of carboxylic acid groups (broad SMARTS) is 1. The molecule has 0 aliphatic rings. The fourth-order valence-corrected chi connectivity index (χ4v) is 3.14. The number of ether oxygens (including phenoxy) is 1. The van der Waals surface area contributed by atoms with Crippen LogP contribution in [0, 0.1) is 0 Å². The van der Waals surface area contributed by atoms with E-state index in [4.69, 9.17) is 40.2 Å². The van der Waals surface area contributed by atoms with Crippen LogP contribution < -0.4 is 15.4 Å². The number of carboxylic acids is 1. The highest BCUT2D eigenvalue weighted by molar-refractivity contribution is 9.10. The Balaban J connectivity index is 2.24. The Morgan fingerprint density at radius 1 is 1.19 bits per heavy atom. The number of hydrogen-bond donors (Lipinski definition) is 3. The Labute approximate surface area is 172 Å². The van der Waals surface area contributed by atoms with Gasteiger partial charge in [0.05, 0.1) is 28.9 Å². The number of hydrogen-bond acceptors (Lipinski definition) is 4. The molecule has 2 aromatic rings. The SMILES string of the molecule is COc1ccc(Br)cc1C(=O)NC(=S)Nc1c(Cl)cc(Cl)cc1C(=O)O. The highest BCUT2D eigenvalue weighted by Gasteiger charge is 2.18. The number of nitrogens with one attached hydrogen (secondary N) is 2. The maximum Gasteiger partial charge on any atom is 0.337 e. The molecule has 0 atom stereocenters. The van der Waals surface area contributed by atoms with Gasteiger partial charge in [-0.1, -0.05) is 39.1 Å². The van der Waals surface area contributed by atoms with Crippen LogP contribution in [0.3, 0.4) is 0 Å². The number of carbonyl (C=O) groups excluding carboxylic acids is 1. The van der Waals surface area contributed by atoms with Crippen LogP contribution >= 0.6 is 51.3 Å². The van der Waals surface area contributed by atoms with Crippen molar-refractivity contribution in [1.29, 1.82) is 0 Å². The zero-order chi connectivity index (χ0) is 19.4. The lowest BCUT2D eigenvalue weighted by atomic mass is 10.1. The predicted octanol–water partition coefficient (Wildman–Crippen LogP) is 4.59. The maximum absolute atomic E-state index is 12.4. The number of rotatable bonds is 4. The van der Waals surface area contributed by atoms with E-state index >= 15 is 0 Å². The van der Waals surface area contributed by atoms with E-state index in [-0.39, 0.29) is 32.0 Å². The van der Waals surface area contributed by atoms with Crippen molar-refractivity contribution in [3.63, 3.8) is 0 Å². The Bertz CT molecular complexity index is 908. The van der Waals surface area contributed by atoms with Gasteiger partial charge in [0.15, 0.2) is 5.11 Å². The van der Waals surface area contributed by atoms with Crippen LogP contribution in [0.25, 0.3) is 0 Å². The van der Waals surface area contributed by atoms with Crippen LogP contribution in [0.2, 0.25) is 10.0 Å². The monoisotopic (exact) mass is 476 g/mol. The quantitative estimate of drug-likeness (QED) is 0.558. The Morgan fingerprint density at radius 3 is 2.50 bits per heavy atom. The average molecular weight is 478 g/mol. The first-order chi connectivity index (χ1) is 12.2. The van der Waals surface area contributed by atoms with E-state index in [1.807, 2.05) is 0 Å². The lowest BCUT2D eigenvalue weighted by Gasteiger charge is -2.14. The summed E-state index contributed by atoms with van der Waals surface area (Å²) in [4.78, 5) is 23.8. The van der Waals surface area contributed by atoms with Crippen molar-refractivity contribution in [2.45, 2.75) is 0 Å². The Kier molecular flexibility index (Phi) is 6.82. The molecule has 0 heterocycles. The highest BCUT2D eigenvalue weighted by Crippen LogP contribution is 2.30. The van der Waals surface area contributed by atoms with Crippen molar-refractivity contribution >= 4 is 74.0 Å². The molecule has 0 aliphatic carbocycles. The molecular formula is C16H11BrCl2N2O4S. The van der Waals surface area contributed by atoms with Crippen molar-refractivity contribution in [3.05, 3.63) is 56.0 Å². The smallest absolute Gasteiger partial charge is 0.337 e. The number of thiocarbonyl (C=S) groups is 1. The maximum atomic E-state index is 12.4. The third-order valence-electron chi connectivity index (χ3n) is 3.16. The molecule has 0 bridgehead atoms. The molecule has 136 valence electrons. The summed E-state index contributed by atoms with van der Waals surface area (Å²) in [6.07, 6.45) is 0. The number of methoxy groups -OCH3 is 1. The van der Waals surface area contributed by atoms with Crippen molar-refractivity contribution < 1.29 is 19.4 Å². The molecule has 0 saturated heterocycles. The topological polar surface area (TPSA) is 87.7 Å². The zero-order valence-corrected chi connectivity index (χ0v) is 17.0. The summed E-state index contributed by atoms with van der Waals surface area (Å²) < 4.78 is 5.82. The normalized spacial score (nSPS) is 10.2. The fraction of sp³-hybridized carbons (Fsp3) is 0.0625. The van der Waals surface area contributed by atoms with E-state index < -0.39 is 11.9 Å². The van der Waals surface area contributed by atoms with Gasteiger partial charge in [0.25, 0.3) is 5.91 Å². The first-order valence-corrected chi connectivity index (χ1v) is 8.87. The van der Waals surface area contributed by atoms with Crippen LogP contribution in [-0.4, -0.2) is 29.2 Å². The fourth-order valence-electron chi connectivity index (χ4n) is 2.04. The summed E-state index contributed by atoms with van der Waals surface area (Å²) in [7, 11) is 1.43. The van der Waals surface area contributed by atoms with Gasteiger partial charge in [-0.05, 0) is 42.5 Å². The molecular weight excluding hydrogens is 467 g/mol. The molecule has 1 amide bonds. The van der Waals surface area contributed by atoms with E-state index in [0.717, 1.165) is 0 Å². The minimum absolute atomic E-state index is 0.0232. The van der Waals surface area contributed by atoms with Gasteiger partial charge in [0.1, 0.15) is 5.75 Å². The van der Waals surface area contributed by atoms with Gasteiger partial charge in [-0.3, -0.25) is 10.1 Å². The molecule has 10 heteroatoms. The summed E-state index contributed by atoms with van der Waals surface area (Å²) in [5, 5.41) is 14.4. The molecule has 0 radical (unpaired) electrons. The predicted molar refractivity (Wildman–Crippen MR) is 108 cm³/mol. The van der Waals surface area contributed by atoms with Crippen molar-refractivity contribution in [1.82, 2.24) is 5.32 Å². The van der Waals surface area contributed by atoms with Gasteiger partial charge in [-0.25, -0.2) is 4.79 Å². The molecule has 26 heavy (non-hydrogen) atoms. The molecule has 2 aromatic carbocycles. The van der Waals surface area contributed by atoms with Crippen LogP contribution in [0.5, 0.6) is 5.75 Å². The Hall–Kier alpha value is -1.87. The number of aromatic carboxylic acids is 1. The molecule has 0 aromatic heterocycles. The molecule has 2 rings (SSSR count). The van der Waals surface area contributed by atoms with Gasteiger partial charge in [-0.2, -0.15) is 0 Å². The summed E-state index contributed by atoms with van der Waals surface area (Å²) in [5.74, 6) is -1.44. The van der Waals surface area contributed by atoms with Gasteiger partial charge in [0.2, 0.25) is 0 Å². The summed E-state index contributed by atoms with van der Waals surface area (Å²) in [6, 6.07) is 7.49. The average Bonchev–Trinajstić information content (AvgIpc) is 2.56. The first kappa shape index (κ1) is 20.4. The second-order valence-electron chi connectivity index (χ2n) is 4.87. The number of amides is 1. The molecule has 0 saturated carbocycles. The van der Waals surface area contributed by atoms with Crippen molar-refractivity contribution in [2.75, 3.05) is 12.4 Å². The standard InChI is InChI=1S/C16H11BrCl2N2O4S/c1-25-12-3-2-7(17)4-9(12)14(22)21-16(26)20-13-10(15(23)24)5-8(18)6-11(13)19/h2-6H,1H3,(H,23,24)(H2,20,21,22,26). The zero-order valence-electron chi connectivity index (χ0n) is 13.1. The minimum Gasteiger partial charge on any atom is -0.496 e. The van der Waals surface area contributed by atoms with Crippen LogP contribution in [0.4, 0.5) is 5.69 Å². The van der Waals surface area contributed by atoms with Crippen molar-refractivity contribution in [3.8, 4) is 5.75 Å². The number of carbonyl (C=O) groups is 2. The van der Waals surface area contributed by atoms with E-state index in [9.17, 15) is 14.7 Å². The van der Waals surface area contributed by atoms with Crippen LogP contribution in [-0.2, 0) is 0 Å². The minimum atomic E-state index is -1.25. The lowest BCUT2D eigenvalue weighted by Crippen LogP contribution is -2.34. The molecule has 0 aliphatic heterocycles. The van der Waals surface area contributed by atoms with E-state index in [0.29, 0.717) is 10.2 Å². The van der Waals surface area contributed by atoms with E-state index in [1.54, 1.807) is 18.2 Å². The highest BCUT2D eigenvalue weighted by atomic mass is 79.9. The molecule has 0 unspecified atom stereocenters. The lowest BCUT2D eigenvalue weighted by molar-refractivity contribution is 0.0697. The number of halogens is 3. The molecule has 0 spiro atoms. The number of anilines is 1. The third-order valence-corrected chi connectivity index (χ3v) is 4.37. The second kappa shape index (κ2) is 8.68. The second-order valence-corrected chi connectivity index (χ2v) is 7.04. The van der Waals surface area contributed by atoms with E-state index in [2.05, 4.69) is 26.6 Å². The Morgan fingerprint density at radius 2 is 1.88 bits per heavy atom. The van der Waals surface area contributed by atoms with Crippen LogP contribution in [0.1, 0.15) is 20.7 Å². The van der Waals surface area contributed by atoms with Gasteiger partial charge in [-0.15, -0.1) is 0 Å². The number of benzene rings is 2. The summed E-state index contributed by atoms with van der Waals surface area (Å²) in [5.41, 5.74) is 0.0842.